The molecule has 2 atom stereocenters. The van der Waals surface area contributed by atoms with Gasteiger partial charge < -0.3 is 0 Å². The van der Waals surface area contributed by atoms with E-state index in [0.717, 1.165) is 24.3 Å². The van der Waals surface area contributed by atoms with E-state index in [4.69, 9.17) is 11.6 Å². The van der Waals surface area contributed by atoms with Gasteiger partial charge in [0.15, 0.2) is 5.78 Å². The lowest BCUT2D eigenvalue weighted by molar-refractivity contribution is 0.0945. The zero-order valence-corrected chi connectivity index (χ0v) is 23.4. The maximum Gasteiger partial charge on any atom is 0.275 e. The van der Waals surface area contributed by atoms with Gasteiger partial charge >= 0.3 is 0 Å². The maximum atomic E-state index is 14.1. The van der Waals surface area contributed by atoms with Crippen molar-refractivity contribution >= 4 is 27.4 Å². The number of Topliss-reactive ketones (excluding diaryl/α,β-unsaturated/α-hetero) is 1. The zero-order chi connectivity index (χ0) is 29.1. The second-order valence-corrected chi connectivity index (χ2v) is 11.6. The third-order valence-electron chi connectivity index (χ3n) is 6.75. The van der Waals surface area contributed by atoms with Gasteiger partial charge in [0.05, 0.1) is 16.6 Å². The van der Waals surface area contributed by atoms with Gasteiger partial charge in [-0.1, -0.05) is 72.3 Å². The number of hydrogen-bond acceptors (Lipinski definition) is 4. The molecule has 0 aliphatic heterocycles. The fourth-order valence-electron chi connectivity index (χ4n) is 4.78. The molecule has 1 aromatic heterocycles. The van der Waals surface area contributed by atoms with Crippen molar-refractivity contribution in [3.8, 4) is 5.69 Å². The van der Waals surface area contributed by atoms with E-state index in [-0.39, 0.29) is 16.0 Å². The average Bonchev–Trinajstić information content (AvgIpc) is 3.27. The van der Waals surface area contributed by atoms with Crippen LogP contribution in [0, 0.1) is 12.7 Å². The van der Waals surface area contributed by atoms with Crippen molar-refractivity contribution in [1.29, 1.82) is 0 Å². The van der Waals surface area contributed by atoms with E-state index in [1.54, 1.807) is 85.8 Å². The van der Waals surface area contributed by atoms with Gasteiger partial charge in [0.25, 0.3) is 5.56 Å². The lowest BCUT2D eigenvalue weighted by Gasteiger charge is -2.27. The monoisotopic (exact) mass is 589 g/mol. The SMILES string of the molecule is Cc1[nH]n(-c2ccccc2)c(=O)c1C(c1ccc(Cl)cc1)C(NS(=O)(=O)c1ccc(F)cc1)C(=O)c1ccccc1. The molecule has 2 unspecified atom stereocenters. The first kappa shape index (κ1) is 28.2. The Kier molecular flexibility index (Phi) is 8.03. The molecule has 10 heteroatoms. The Balaban J connectivity index is 1.73. The third kappa shape index (κ3) is 5.92. The number of aromatic amines is 1. The predicted molar refractivity (Wildman–Crippen MR) is 156 cm³/mol. The van der Waals surface area contributed by atoms with Gasteiger partial charge in [0.1, 0.15) is 5.82 Å². The highest BCUT2D eigenvalue weighted by molar-refractivity contribution is 7.89. The molecule has 0 saturated heterocycles. The Morgan fingerprint density at radius 1 is 0.878 bits per heavy atom. The summed E-state index contributed by atoms with van der Waals surface area (Å²) >= 11 is 6.17. The van der Waals surface area contributed by atoms with E-state index in [0.29, 0.717) is 22.0 Å². The maximum absolute atomic E-state index is 14.1. The minimum atomic E-state index is -4.35. The minimum absolute atomic E-state index is 0.201. The first-order valence-electron chi connectivity index (χ1n) is 12.7. The smallest absolute Gasteiger partial charge is 0.275 e. The predicted octanol–water partition coefficient (Wildman–Crippen LogP) is 5.63. The largest absolute Gasteiger partial charge is 0.295 e. The Bertz CT molecular complexity index is 1840. The lowest BCUT2D eigenvalue weighted by atomic mass is 9.82. The van der Waals surface area contributed by atoms with Crippen molar-refractivity contribution in [1.82, 2.24) is 14.5 Å². The molecule has 0 spiro atoms. The van der Waals surface area contributed by atoms with Crippen molar-refractivity contribution in [2.24, 2.45) is 0 Å². The molecular weight excluding hydrogens is 565 g/mol. The Morgan fingerprint density at radius 2 is 1.46 bits per heavy atom. The first-order valence-corrected chi connectivity index (χ1v) is 14.5. The summed E-state index contributed by atoms with van der Waals surface area (Å²) in [6.07, 6.45) is 0. The molecule has 5 rings (SSSR count). The molecule has 0 saturated carbocycles. The molecule has 0 fully saturated rings. The van der Waals surface area contributed by atoms with Crippen molar-refractivity contribution in [2.45, 2.75) is 23.8 Å². The number of hydrogen-bond donors (Lipinski definition) is 2. The van der Waals surface area contributed by atoms with Crippen molar-refractivity contribution in [2.75, 3.05) is 0 Å². The van der Waals surface area contributed by atoms with E-state index in [1.165, 1.54) is 4.68 Å². The van der Waals surface area contributed by atoms with Crippen LogP contribution in [0.4, 0.5) is 4.39 Å². The van der Waals surface area contributed by atoms with Crippen LogP contribution in [0.1, 0.15) is 33.1 Å². The number of rotatable bonds is 9. The molecule has 7 nitrogen and oxygen atoms in total. The van der Waals surface area contributed by atoms with Gasteiger partial charge in [0, 0.05) is 27.8 Å². The van der Waals surface area contributed by atoms with Gasteiger partial charge in [-0.15, -0.1) is 0 Å². The van der Waals surface area contributed by atoms with Gasteiger partial charge in [-0.05, 0) is 61.0 Å². The van der Waals surface area contributed by atoms with Gasteiger partial charge in [-0.2, -0.15) is 4.72 Å². The molecule has 0 amide bonds. The highest BCUT2D eigenvalue weighted by Gasteiger charge is 2.38. The summed E-state index contributed by atoms with van der Waals surface area (Å²) in [7, 11) is -4.35. The zero-order valence-electron chi connectivity index (χ0n) is 21.8. The number of nitrogens with one attached hydrogen (secondary N) is 2. The average molecular weight is 590 g/mol. The van der Waals surface area contributed by atoms with Crippen LogP contribution in [0.25, 0.3) is 5.69 Å². The van der Waals surface area contributed by atoms with Crippen molar-refractivity contribution < 1.29 is 17.6 Å². The number of aromatic nitrogens is 2. The highest BCUT2D eigenvalue weighted by Crippen LogP contribution is 2.32. The van der Waals surface area contributed by atoms with E-state index in [1.807, 2.05) is 6.07 Å². The van der Waals surface area contributed by atoms with Crippen molar-refractivity contribution in [3.63, 3.8) is 0 Å². The number of halogens is 2. The van der Waals surface area contributed by atoms with Crippen LogP contribution in [-0.2, 0) is 10.0 Å². The summed E-state index contributed by atoms with van der Waals surface area (Å²) in [6.45, 7) is 1.69. The summed E-state index contributed by atoms with van der Waals surface area (Å²) < 4.78 is 44.7. The topological polar surface area (TPSA) is 101 Å². The number of carbonyl (C=O) groups is 1. The summed E-state index contributed by atoms with van der Waals surface area (Å²) in [5, 5.41) is 3.50. The number of benzene rings is 4. The van der Waals surface area contributed by atoms with Crippen molar-refractivity contribution in [3.05, 3.63) is 153 Å². The number of nitrogens with zero attached hydrogens (tertiary/aromatic N) is 1. The van der Waals surface area contributed by atoms with E-state index in [9.17, 15) is 22.4 Å². The van der Waals surface area contributed by atoms with Crippen LogP contribution in [0.3, 0.4) is 0 Å². The number of para-hydroxylation sites is 1. The van der Waals surface area contributed by atoms with Crippen LogP contribution in [0.2, 0.25) is 5.02 Å². The molecule has 1 heterocycles. The number of carbonyl (C=O) groups excluding carboxylic acids is 1. The minimum Gasteiger partial charge on any atom is -0.295 e. The number of aryl methyl sites for hydroxylation is 1. The molecule has 0 radical (unpaired) electrons. The molecule has 4 aromatic carbocycles. The van der Waals surface area contributed by atoms with Crippen LogP contribution in [-0.4, -0.2) is 30.0 Å². The quantitative estimate of drug-likeness (QED) is 0.218. The summed E-state index contributed by atoms with van der Waals surface area (Å²) in [5.74, 6) is -2.23. The third-order valence-corrected chi connectivity index (χ3v) is 8.46. The van der Waals surface area contributed by atoms with E-state index >= 15 is 0 Å². The fourth-order valence-corrected chi connectivity index (χ4v) is 6.12. The molecule has 5 aromatic rings. The van der Waals surface area contributed by atoms with E-state index < -0.39 is 39.1 Å². The lowest BCUT2D eigenvalue weighted by Crippen LogP contribution is -2.46. The normalized spacial score (nSPS) is 13.0. The number of ketones is 1. The van der Waals surface area contributed by atoms with Crippen LogP contribution in [0.15, 0.2) is 119 Å². The standard InChI is InChI=1S/C31H25ClFN3O4S/c1-20-27(31(38)36(34-20)25-10-6-3-7-11-25)28(21-12-14-23(32)15-13-21)29(30(37)22-8-4-2-5-9-22)35-41(39,40)26-18-16-24(33)17-19-26/h2-19,28-29,34-35H,1H3. The second kappa shape index (κ2) is 11.7. The van der Waals surface area contributed by atoms with Gasteiger partial charge in [-0.25, -0.2) is 17.5 Å². The molecule has 41 heavy (non-hydrogen) atoms. The number of H-pyrrole nitrogens is 1. The molecule has 2 N–H and O–H groups in total. The fraction of sp³-hybridized carbons (Fsp3) is 0.0968. The second-order valence-electron chi connectivity index (χ2n) is 9.44. The van der Waals surface area contributed by atoms with E-state index in [2.05, 4.69) is 9.82 Å². The van der Waals surface area contributed by atoms with Crippen LogP contribution >= 0.6 is 11.6 Å². The van der Waals surface area contributed by atoms with Gasteiger partial charge in [0.2, 0.25) is 10.0 Å². The Morgan fingerprint density at radius 3 is 2.07 bits per heavy atom. The first-order chi connectivity index (χ1) is 19.7. The van der Waals surface area contributed by atoms with Crippen LogP contribution in [0.5, 0.6) is 0 Å². The molecule has 0 bridgehead atoms. The summed E-state index contributed by atoms with van der Waals surface area (Å²) in [4.78, 5) is 27.9. The molecule has 208 valence electrons. The van der Waals surface area contributed by atoms with Gasteiger partial charge in [-0.3, -0.25) is 14.7 Å². The summed E-state index contributed by atoms with van der Waals surface area (Å²) in [5.41, 5.74) is 1.51. The van der Waals surface area contributed by atoms with Crippen LogP contribution < -0.4 is 10.3 Å². The molecular formula is C31H25ClFN3O4S. The highest BCUT2D eigenvalue weighted by atomic mass is 35.5. The molecule has 0 aliphatic rings. The Hall–Kier alpha value is -4.31. The number of sulfonamides is 1. The summed E-state index contributed by atoms with van der Waals surface area (Å²) in [6, 6.07) is 26.5. The Labute approximate surface area is 241 Å². The molecule has 0 aliphatic carbocycles.